The Morgan fingerprint density at radius 1 is 0.909 bits per heavy atom. The minimum atomic E-state index is 0. The van der Waals surface area contributed by atoms with Crippen LogP contribution in [-0.2, 0) is 6.54 Å². The van der Waals surface area contributed by atoms with Crippen molar-refractivity contribution in [2.45, 2.75) is 13.0 Å². The van der Waals surface area contributed by atoms with Gasteiger partial charge in [-0.15, -0.1) is 12.4 Å². The molecule has 3 rings (SSSR count). The Hall–Kier alpha value is -1.77. The largest absolute Gasteiger partial charge is 0.340 e. The van der Waals surface area contributed by atoms with Crippen LogP contribution < -0.4 is 0 Å². The smallest absolute Gasteiger partial charge is 0.0491 e. The maximum absolute atomic E-state index is 2.45. The van der Waals surface area contributed by atoms with E-state index in [4.69, 9.17) is 0 Å². The number of aromatic nitrogens is 1. The molecule has 1 heterocycles. The molecule has 0 bridgehead atoms. The molecule has 0 N–H and O–H groups in total. The second-order valence-electron chi connectivity index (χ2n) is 5.76. The van der Waals surface area contributed by atoms with E-state index in [0.717, 1.165) is 19.5 Å². The van der Waals surface area contributed by atoms with Gasteiger partial charge in [-0.2, -0.15) is 0 Å². The molecular weight excluding hydrogens is 292 g/mol. The van der Waals surface area contributed by atoms with Crippen LogP contribution >= 0.6 is 12.4 Å². The molecule has 0 saturated heterocycles. The second-order valence-corrected chi connectivity index (χ2v) is 5.76. The first-order valence-electron chi connectivity index (χ1n) is 7.54. The number of nitrogens with zero attached hydrogens (tertiary/aromatic N) is 2. The highest BCUT2D eigenvalue weighted by Gasteiger charge is 2.09. The Bertz CT molecular complexity index is 717. The van der Waals surface area contributed by atoms with Crippen molar-refractivity contribution in [3.63, 3.8) is 0 Å². The topological polar surface area (TPSA) is 8.17 Å². The molecule has 0 fully saturated rings. The molecule has 22 heavy (non-hydrogen) atoms. The van der Waals surface area contributed by atoms with Gasteiger partial charge in [0.25, 0.3) is 0 Å². The Morgan fingerprint density at radius 2 is 1.59 bits per heavy atom. The standard InChI is InChI=1S/C19H22N2.ClH/c1-20(2)13-8-14-21-18-12-7-6-11-17(18)15-19(21)16-9-4-3-5-10-16;/h3-7,9-12,15H,8,13-14H2,1-2H3;1H. The van der Waals surface area contributed by atoms with Crippen LogP contribution in [0.5, 0.6) is 0 Å². The maximum atomic E-state index is 2.45. The minimum Gasteiger partial charge on any atom is -0.340 e. The van der Waals surface area contributed by atoms with Gasteiger partial charge in [-0.25, -0.2) is 0 Å². The predicted molar refractivity (Wildman–Crippen MR) is 97.8 cm³/mol. The van der Waals surface area contributed by atoms with Gasteiger partial charge in [0.1, 0.15) is 0 Å². The molecule has 2 nitrogen and oxygen atoms in total. The molecule has 3 heteroatoms. The van der Waals surface area contributed by atoms with Crippen LogP contribution in [0.2, 0.25) is 0 Å². The Balaban J connectivity index is 0.00000176. The lowest BCUT2D eigenvalue weighted by atomic mass is 10.1. The molecule has 0 amide bonds. The van der Waals surface area contributed by atoms with E-state index in [1.807, 2.05) is 0 Å². The maximum Gasteiger partial charge on any atom is 0.0491 e. The lowest BCUT2D eigenvalue weighted by Gasteiger charge is -2.13. The zero-order chi connectivity index (χ0) is 14.7. The molecule has 0 saturated carbocycles. The molecule has 0 aliphatic carbocycles. The van der Waals surface area contributed by atoms with Crippen LogP contribution in [0.3, 0.4) is 0 Å². The average Bonchev–Trinajstić information content (AvgIpc) is 2.87. The average molecular weight is 315 g/mol. The van der Waals surface area contributed by atoms with E-state index in [1.54, 1.807) is 0 Å². The van der Waals surface area contributed by atoms with Gasteiger partial charge in [-0.3, -0.25) is 0 Å². The van der Waals surface area contributed by atoms with Crippen LogP contribution in [0.25, 0.3) is 22.2 Å². The fourth-order valence-electron chi connectivity index (χ4n) is 2.84. The first-order valence-corrected chi connectivity index (χ1v) is 7.54. The van der Waals surface area contributed by atoms with Gasteiger partial charge in [0, 0.05) is 23.1 Å². The van der Waals surface area contributed by atoms with E-state index in [9.17, 15) is 0 Å². The van der Waals surface area contributed by atoms with E-state index in [-0.39, 0.29) is 12.4 Å². The fraction of sp³-hybridized carbons (Fsp3) is 0.263. The fourth-order valence-corrected chi connectivity index (χ4v) is 2.84. The third-order valence-corrected chi connectivity index (χ3v) is 3.87. The second kappa shape index (κ2) is 7.48. The molecule has 0 unspecified atom stereocenters. The van der Waals surface area contributed by atoms with Gasteiger partial charge < -0.3 is 9.47 Å². The normalized spacial score (nSPS) is 10.9. The Morgan fingerprint density at radius 3 is 2.32 bits per heavy atom. The van der Waals surface area contributed by atoms with Crippen LogP contribution in [0.15, 0.2) is 60.7 Å². The van der Waals surface area contributed by atoms with E-state index >= 15 is 0 Å². The molecule has 0 atom stereocenters. The molecule has 0 aliphatic heterocycles. The summed E-state index contributed by atoms with van der Waals surface area (Å²) >= 11 is 0. The summed E-state index contributed by atoms with van der Waals surface area (Å²) in [5.74, 6) is 0. The molecule has 1 aromatic heterocycles. The number of aryl methyl sites for hydroxylation is 1. The van der Waals surface area contributed by atoms with Crippen LogP contribution in [0.1, 0.15) is 6.42 Å². The lowest BCUT2D eigenvalue weighted by Crippen LogP contribution is -2.15. The lowest BCUT2D eigenvalue weighted by molar-refractivity contribution is 0.388. The molecule has 3 aromatic rings. The van der Waals surface area contributed by atoms with Gasteiger partial charge in [0.2, 0.25) is 0 Å². The van der Waals surface area contributed by atoms with Crippen molar-refractivity contribution in [3.05, 3.63) is 60.7 Å². The van der Waals surface area contributed by atoms with Crippen molar-refractivity contribution >= 4 is 23.3 Å². The Kier molecular flexibility index (Phi) is 5.64. The zero-order valence-electron chi connectivity index (χ0n) is 13.2. The SMILES string of the molecule is CN(C)CCCn1c(-c2ccccc2)cc2ccccc21.Cl. The molecule has 116 valence electrons. The van der Waals surface area contributed by atoms with Gasteiger partial charge in [0.05, 0.1) is 0 Å². The molecule has 0 aliphatic rings. The van der Waals surface area contributed by atoms with Crippen molar-refractivity contribution in [2.24, 2.45) is 0 Å². The first-order chi connectivity index (χ1) is 10.3. The summed E-state index contributed by atoms with van der Waals surface area (Å²) in [7, 11) is 4.26. The van der Waals surface area contributed by atoms with Gasteiger partial charge in [-0.05, 0) is 44.8 Å². The van der Waals surface area contributed by atoms with Crippen molar-refractivity contribution in [1.29, 1.82) is 0 Å². The number of hydrogen-bond donors (Lipinski definition) is 0. The summed E-state index contributed by atoms with van der Waals surface area (Å²) in [5.41, 5.74) is 3.93. The molecule has 0 spiro atoms. The van der Waals surface area contributed by atoms with Crippen molar-refractivity contribution in [1.82, 2.24) is 9.47 Å². The number of halogens is 1. The van der Waals surface area contributed by atoms with E-state index in [2.05, 4.69) is 84.2 Å². The number of hydrogen-bond acceptors (Lipinski definition) is 1. The van der Waals surface area contributed by atoms with Crippen LogP contribution in [0, 0.1) is 0 Å². The summed E-state index contributed by atoms with van der Waals surface area (Å²) in [5, 5.41) is 1.32. The Labute approximate surface area is 138 Å². The van der Waals surface area contributed by atoms with Gasteiger partial charge in [0.15, 0.2) is 0 Å². The van der Waals surface area contributed by atoms with Gasteiger partial charge >= 0.3 is 0 Å². The molecule has 0 radical (unpaired) electrons. The molecular formula is C19H23ClN2. The van der Waals surface area contributed by atoms with Crippen molar-refractivity contribution in [3.8, 4) is 11.3 Å². The van der Waals surface area contributed by atoms with Crippen molar-refractivity contribution in [2.75, 3.05) is 20.6 Å². The summed E-state index contributed by atoms with van der Waals surface area (Å²) in [6.07, 6.45) is 1.16. The quantitative estimate of drug-likeness (QED) is 0.663. The summed E-state index contributed by atoms with van der Waals surface area (Å²) < 4.78 is 2.45. The molecule has 2 aromatic carbocycles. The number of benzene rings is 2. The van der Waals surface area contributed by atoms with Crippen molar-refractivity contribution < 1.29 is 0 Å². The van der Waals surface area contributed by atoms with Crippen LogP contribution in [0.4, 0.5) is 0 Å². The number of rotatable bonds is 5. The summed E-state index contributed by atoms with van der Waals surface area (Å²) in [4.78, 5) is 2.24. The predicted octanol–water partition coefficient (Wildman–Crippen LogP) is 4.68. The highest BCUT2D eigenvalue weighted by molar-refractivity contribution is 5.87. The summed E-state index contributed by atoms with van der Waals surface area (Å²) in [6.45, 7) is 2.16. The van der Waals surface area contributed by atoms with E-state index < -0.39 is 0 Å². The minimum absolute atomic E-state index is 0. The van der Waals surface area contributed by atoms with E-state index in [1.165, 1.54) is 22.2 Å². The third kappa shape index (κ3) is 3.52. The number of fused-ring (bicyclic) bond motifs is 1. The van der Waals surface area contributed by atoms with E-state index in [0.29, 0.717) is 0 Å². The highest BCUT2D eigenvalue weighted by atomic mass is 35.5. The van der Waals surface area contributed by atoms with Gasteiger partial charge in [-0.1, -0.05) is 48.5 Å². The first kappa shape index (κ1) is 16.6. The van der Waals surface area contributed by atoms with Crippen LogP contribution in [-0.4, -0.2) is 30.1 Å². The monoisotopic (exact) mass is 314 g/mol. The highest BCUT2D eigenvalue weighted by Crippen LogP contribution is 2.28. The number of para-hydroxylation sites is 1. The third-order valence-electron chi connectivity index (χ3n) is 3.87. The summed E-state index contributed by atoms with van der Waals surface area (Å²) in [6, 6.07) is 21.6. The zero-order valence-corrected chi connectivity index (χ0v) is 14.0.